The van der Waals surface area contributed by atoms with Gasteiger partial charge in [0, 0.05) is 17.8 Å². The average Bonchev–Trinajstić information content (AvgIpc) is 2.39. The summed E-state index contributed by atoms with van der Waals surface area (Å²) in [5.74, 6) is -0.0467. The first-order chi connectivity index (χ1) is 9.04. The Hall–Kier alpha value is -1.77. The van der Waals surface area contributed by atoms with Gasteiger partial charge in [-0.25, -0.2) is 4.79 Å². The fourth-order valence-corrected chi connectivity index (χ4v) is 1.76. The quantitative estimate of drug-likeness (QED) is 0.629. The smallest absolute Gasteiger partial charge is 0.332 e. The zero-order valence-corrected chi connectivity index (χ0v) is 12.1. The lowest BCUT2D eigenvalue weighted by atomic mass is 10.1. The lowest BCUT2D eigenvalue weighted by Crippen LogP contribution is -2.22. The number of allylic oxidation sites excluding steroid dienone is 1. The van der Waals surface area contributed by atoms with Crippen LogP contribution in [0.4, 0.5) is 0 Å². The van der Waals surface area contributed by atoms with E-state index in [2.05, 4.69) is 38.2 Å². The number of esters is 1. The molecule has 3 nitrogen and oxygen atoms in total. The normalized spacial score (nSPS) is 13.2. The van der Waals surface area contributed by atoms with E-state index in [1.165, 1.54) is 5.56 Å². The van der Waals surface area contributed by atoms with E-state index in [1.54, 1.807) is 13.0 Å². The number of benzene rings is 1. The van der Waals surface area contributed by atoms with Crippen molar-refractivity contribution in [2.24, 2.45) is 5.92 Å². The number of rotatable bonds is 6. The molecule has 1 N–H and O–H groups in total. The summed E-state index contributed by atoms with van der Waals surface area (Å²) in [6.07, 6.45) is 1.55. The SMILES string of the molecule is CCOC(=O)/C=C(\N[C@H](C)c1ccccc1)C(C)C. The summed E-state index contributed by atoms with van der Waals surface area (Å²) in [4.78, 5) is 11.5. The molecule has 0 radical (unpaired) electrons. The van der Waals surface area contributed by atoms with Crippen molar-refractivity contribution in [2.75, 3.05) is 6.61 Å². The molecular formula is C16H23NO2. The first kappa shape index (κ1) is 15.3. The van der Waals surface area contributed by atoms with Crippen molar-refractivity contribution in [3.63, 3.8) is 0 Å². The maximum absolute atomic E-state index is 11.5. The molecule has 0 aromatic heterocycles. The van der Waals surface area contributed by atoms with Gasteiger partial charge in [-0.05, 0) is 25.3 Å². The molecule has 0 aliphatic heterocycles. The molecular weight excluding hydrogens is 238 g/mol. The molecule has 1 atom stereocenters. The topological polar surface area (TPSA) is 38.3 Å². The minimum atomic E-state index is -0.293. The van der Waals surface area contributed by atoms with Crippen molar-refractivity contribution in [3.8, 4) is 0 Å². The Morgan fingerprint density at radius 2 is 1.89 bits per heavy atom. The molecule has 0 unspecified atom stereocenters. The molecule has 1 aromatic rings. The molecule has 0 saturated carbocycles. The summed E-state index contributed by atoms with van der Waals surface area (Å²) >= 11 is 0. The summed E-state index contributed by atoms with van der Waals surface area (Å²) in [5, 5.41) is 3.38. The molecule has 1 rings (SSSR count). The van der Waals surface area contributed by atoms with Crippen LogP contribution in [0.15, 0.2) is 42.1 Å². The van der Waals surface area contributed by atoms with Crippen molar-refractivity contribution in [1.29, 1.82) is 0 Å². The second-order valence-corrected chi connectivity index (χ2v) is 4.78. The number of carbonyl (C=O) groups excluding carboxylic acids is 1. The Kier molecular flexibility index (Phi) is 6.13. The van der Waals surface area contributed by atoms with Crippen LogP contribution in [0.1, 0.15) is 39.3 Å². The summed E-state index contributed by atoms with van der Waals surface area (Å²) in [6.45, 7) is 8.39. The van der Waals surface area contributed by atoms with Gasteiger partial charge in [0.05, 0.1) is 6.61 Å². The van der Waals surface area contributed by atoms with Crippen LogP contribution in [-0.4, -0.2) is 12.6 Å². The molecule has 0 fully saturated rings. The van der Waals surface area contributed by atoms with E-state index in [4.69, 9.17) is 4.74 Å². The second-order valence-electron chi connectivity index (χ2n) is 4.78. The van der Waals surface area contributed by atoms with Crippen molar-refractivity contribution in [1.82, 2.24) is 5.32 Å². The highest BCUT2D eigenvalue weighted by molar-refractivity contribution is 5.82. The third-order valence-corrected chi connectivity index (χ3v) is 2.86. The van der Waals surface area contributed by atoms with Crippen LogP contribution in [0.25, 0.3) is 0 Å². The van der Waals surface area contributed by atoms with Gasteiger partial charge in [-0.2, -0.15) is 0 Å². The standard InChI is InChI=1S/C16H23NO2/c1-5-19-16(18)11-15(12(2)3)17-13(4)14-9-7-6-8-10-14/h6-13,17H,5H2,1-4H3/b15-11-/t13-/m1/s1. The number of nitrogens with one attached hydrogen (secondary N) is 1. The fraction of sp³-hybridized carbons (Fsp3) is 0.438. The Morgan fingerprint density at radius 1 is 1.26 bits per heavy atom. The zero-order chi connectivity index (χ0) is 14.3. The molecule has 19 heavy (non-hydrogen) atoms. The summed E-state index contributed by atoms with van der Waals surface area (Å²) in [7, 11) is 0. The highest BCUT2D eigenvalue weighted by atomic mass is 16.5. The van der Waals surface area contributed by atoms with Gasteiger partial charge < -0.3 is 10.1 Å². The van der Waals surface area contributed by atoms with E-state index in [0.29, 0.717) is 6.61 Å². The minimum absolute atomic E-state index is 0.157. The molecule has 104 valence electrons. The first-order valence-electron chi connectivity index (χ1n) is 6.74. The Balaban J connectivity index is 2.77. The van der Waals surface area contributed by atoms with Crippen LogP contribution in [0.3, 0.4) is 0 Å². The van der Waals surface area contributed by atoms with E-state index in [9.17, 15) is 4.79 Å². The Morgan fingerprint density at radius 3 is 2.42 bits per heavy atom. The molecule has 0 aliphatic rings. The van der Waals surface area contributed by atoms with E-state index < -0.39 is 0 Å². The third-order valence-electron chi connectivity index (χ3n) is 2.86. The van der Waals surface area contributed by atoms with Crippen LogP contribution in [-0.2, 0) is 9.53 Å². The predicted molar refractivity (Wildman–Crippen MR) is 77.5 cm³/mol. The van der Waals surface area contributed by atoms with Crippen LogP contribution in [0.5, 0.6) is 0 Å². The number of hydrogen-bond acceptors (Lipinski definition) is 3. The molecule has 3 heteroatoms. The molecule has 0 amide bonds. The zero-order valence-electron chi connectivity index (χ0n) is 12.1. The van der Waals surface area contributed by atoms with Crippen LogP contribution >= 0.6 is 0 Å². The van der Waals surface area contributed by atoms with Gasteiger partial charge in [0.1, 0.15) is 0 Å². The van der Waals surface area contributed by atoms with Gasteiger partial charge in [0.2, 0.25) is 0 Å². The average molecular weight is 261 g/mol. The van der Waals surface area contributed by atoms with E-state index in [1.807, 2.05) is 18.2 Å². The fourth-order valence-electron chi connectivity index (χ4n) is 1.76. The van der Waals surface area contributed by atoms with Gasteiger partial charge in [0.25, 0.3) is 0 Å². The molecule has 0 saturated heterocycles. The Labute approximate surface area is 115 Å². The highest BCUT2D eigenvalue weighted by Crippen LogP contribution is 2.16. The molecule has 1 aromatic carbocycles. The summed E-state index contributed by atoms with van der Waals surface area (Å²) in [6, 6.07) is 10.3. The van der Waals surface area contributed by atoms with Gasteiger partial charge in [-0.15, -0.1) is 0 Å². The maximum atomic E-state index is 11.5. The molecule has 0 aliphatic carbocycles. The van der Waals surface area contributed by atoms with E-state index in [0.717, 1.165) is 5.70 Å². The molecule has 0 bridgehead atoms. The molecule has 0 spiro atoms. The molecule has 0 heterocycles. The monoisotopic (exact) mass is 261 g/mol. The van der Waals surface area contributed by atoms with Crippen molar-refractivity contribution in [3.05, 3.63) is 47.7 Å². The summed E-state index contributed by atoms with van der Waals surface area (Å²) < 4.78 is 4.95. The third kappa shape index (κ3) is 5.16. The largest absolute Gasteiger partial charge is 0.463 e. The van der Waals surface area contributed by atoms with Crippen molar-refractivity contribution >= 4 is 5.97 Å². The predicted octanol–water partition coefficient (Wildman–Crippen LogP) is 3.44. The number of carbonyl (C=O) groups is 1. The minimum Gasteiger partial charge on any atom is -0.463 e. The lowest BCUT2D eigenvalue weighted by molar-refractivity contribution is -0.137. The Bertz CT molecular complexity index is 424. The van der Waals surface area contributed by atoms with Gasteiger partial charge in [-0.3, -0.25) is 0 Å². The van der Waals surface area contributed by atoms with Crippen LogP contribution in [0, 0.1) is 5.92 Å². The number of hydrogen-bond donors (Lipinski definition) is 1. The summed E-state index contributed by atoms with van der Waals surface area (Å²) in [5.41, 5.74) is 2.09. The van der Waals surface area contributed by atoms with Gasteiger partial charge in [0.15, 0.2) is 0 Å². The van der Waals surface area contributed by atoms with Gasteiger partial charge in [-0.1, -0.05) is 44.2 Å². The first-order valence-corrected chi connectivity index (χ1v) is 6.74. The van der Waals surface area contributed by atoms with Crippen molar-refractivity contribution in [2.45, 2.75) is 33.7 Å². The van der Waals surface area contributed by atoms with E-state index >= 15 is 0 Å². The highest BCUT2D eigenvalue weighted by Gasteiger charge is 2.11. The van der Waals surface area contributed by atoms with Crippen LogP contribution in [0.2, 0.25) is 0 Å². The van der Waals surface area contributed by atoms with E-state index in [-0.39, 0.29) is 17.9 Å². The van der Waals surface area contributed by atoms with Crippen LogP contribution < -0.4 is 5.32 Å². The lowest BCUT2D eigenvalue weighted by Gasteiger charge is -2.20. The number of ether oxygens (including phenoxy) is 1. The van der Waals surface area contributed by atoms with Crippen molar-refractivity contribution < 1.29 is 9.53 Å². The van der Waals surface area contributed by atoms with Gasteiger partial charge >= 0.3 is 5.97 Å². The second kappa shape index (κ2) is 7.62. The maximum Gasteiger partial charge on any atom is 0.332 e.